The summed E-state index contributed by atoms with van der Waals surface area (Å²) in [6.45, 7) is 0. The zero-order valence-electron chi connectivity index (χ0n) is 9.64. The first-order valence-corrected chi connectivity index (χ1v) is 7.21. The Morgan fingerprint density at radius 3 is 2.26 bits per heavy atom. The van der Waals surface area contributed by atoms with Crippen LogP contribution in [0.1, 0.15) is 16.0 Å². The average Bonchev–Trinajstić information content (AvgIpc) is 2.33. The first kappa shape index (κ1) is 14.6. The molecule has 0 radical (unpaired) electrons. The van der Waals surface area contributed by atoms with Crippen molar-refractivity contribution in [1.29, 1.82) is 0 Å². The largest absolute Gasteiger partial charge is 0.207 e. The van der Waals surface area contributed by atoms with Crippen LogP contribution in [0.2, 0.25) is 0 Å². The maximum Gasteiger partial charge on any atom is 0.159 e. The summed E-state index contributed by atoms with van der Waals surface area (Å²) in [7, 11) is 0. The minimum atomic E-state index is -0.895. The fourth-order valence-electron chi connectivity index (χ4n) is 1.74. The van der Waals surface area contributed by atoms with E-state index in [-0.39, 0.29) is 10.6 Å². The van der Waals surface area contributed by atoms with E-state index in [1.807, 2.05) is 0 Å². The van der Waals surface area contributed by atoms with Gasteiger partial charge in [-0.2, -0.15) is 0 Å². The van der Waals surface area contributed by atoms with Gasteiger partial charge in [0.1, 0.15) is 5.82 Å². The monoisotopic (exact) mass is 392 g/mol. The molecule has 2 rings (SSSR count). The highest BCUT2D eigenvalue weighted by atomic mass is 79.9. The molecule has 0 aliphatic carbocycles. The highest BCUT2D eigenvalue weighted by Gasteiger charge is 2.14. The van der Waals surface area contributed by atoms with Crippen molar-refractivity contribution in [3.8, 4) is 0 Å². The maximum atomic E-state index is 13.8. The quantitative estimate of drug-likeness (QED) is 0.600. The van der Waals surface area contributed by atoms with Crippen LogP contribution in [0, 0.1) is 17.5 Å². The summed E-state index contributed by atoms with van der Waals surface area (Å²) in [6.07, 6.45) is 0.371. The first-order valence-electron chi connectivity index (χ1n) is 5.50. The first-order chi connectivity index (χ1) is 8.97. The molecule has 0 bridgehead atoms. The van der Waals surface area contributed by atoms with Gasteiger partial charge >= 0.3 is 0 Å². The second-order valence-corrected chi connectivity index (χ2v) is 6.11. The zero-order chi connectivity index (χ0) is 14.0. The van der Waals surface area contributed by atoms with Crippen molar-refractivity contribution in [3.63, 3.8) is 0 Å². The van der Waals surface area contributed by atoms with Crippen molar-refractivity contribution >= 4 is 31.9 Å². The normalized spacial score (nSPS) is 12.5. The zero-order valence-corrected chi connectivity index (χ0v) is 12.8. The van der Waals surface area contributed by atoms with Crippen LogP contribution in [-0.4, -0.2) is 0 Å². The van der Waals surface area contributed by atoms with Gasteiger partial charge in [-0.15, -0.1) is 0 Å². The number of benzene rings is 2. The molecule has 0 heterocycles. The van der Waals surface area contributed by atoms with E-state index in [2.05, 4.69) is 31.9 Å². The second-order valence-electron chi connectivity index (χ2n) is 4.09. The van der Waals surface area contributed by atoms with Gasteiger partial charge in [-0.05, 0) is 36.2 Å². The minimum absolute atomic E-state index is 0.300. The van der Waals surface area contributed by atoms with E-state index < -0.39 is 11.6 Å². The van der Waals surface area contributed by atoms with Gasteiger partial charge in [-0.1, -0.05) is 44.0 Å². The molecule has 0 N–H and O–H groups in total. The second kappa shape index (κ2) is 6.09. The molecule has 0 spiro atoms. The standard InChI is InChI=1S/C14H9Br2F3/c15-9-2-3-10(13(18)7-9)11(16)5-8-1-4-12(17)14(19)6-8/h1-4,6-7,11H,5H2. The molecule has 19 heavy (non-hydrogen) atoms. The highest BCUT2D eigenvalue weighted by Crippen LogP contribution is 2.30. The SMILES string of the molecule is Fc1ccc(CC(Br)c2ccc(Br)cc2F)cc1F. The number of halogens is 5. The Morgan fingerprint density at radius 2 is 1.63 bits per heavy atom. The Balaban J connectivity index is 2.20. The number of hydrogen-bond donors (Lipinski definition) is 0. The highest BCUT2D eigenvalue weighted by molar-refractivity contribution is 9.10. The minimum Gasteiger partial charge on any atom is -0.207 e. The van der Waals surface area contributed by atoms with Gasteiger partial charge in [0.15, 0.2) is 11.6 Å². The van der Waals surface area contributed by atoms with Crippen LogP contribution in [0.25, 0.3) is 0 Å². The molecule has 0 aliphatic rings. The van der Waals surface area contributed by atoms with Crippen molar-refractivity contribution < 1.29 is 13.2 Å². The van der Waals surface area contributed by atoms with E-state index >= 15 is 0 Å². The molecule has 2 aromatic carbocycles. The van der Waals surface area contributed by atoms with Gasteiger partial charge in [0.25, 0.3) is 0 Å². The molecule has 0 nitrogen and oxygen atoms in total. The van der Waals surface area contributed by atoms with E-state index in [4.69, 9.17) is 0 Å². The Kier molecular flexibility index (Phi) is 4.68. The van der Waals surface area contributed by atoms with Crippen LogP contribution in [-0.2, 0) is 6.42 Å². The third-order valence-corrected chi connectivity index (χ3v) is 4.01. The number of alkyl halides is 1. The van der Waals surface area contributed by atoms with Crippen molar-refractivity contribution in [1.82, 2.24) is 0 Å². The predicted octanol–water partition coefficient (Wildman–Crippen LogP) is 5.55. The Morgan fingerprint density at radius 1 is 0.895 bits per heavy atom. The lowest BCUT2D eigenvalue weighted by molar-refractivity contribution is 0.507. The van der Waals surface area contributed by atoms with Crippen LogP contribution in [0.3, 0.4) is 0 Å². The molecule has 0 amide bonds. The molecule has 0 aromatic heterocycles. The van der Waals surface area contributed by atoms with Crippen molar-refractivity contribution in [2.45, 2.75) is 11.2 Å². The Hall–Kier alpha value is -0.810. The molecule has 5 heteroatoms. The fraction of sp³-hybridized carbons (Fsp3) is 0.143. The summed E-state index contributed by atoms with van der Waals surface area (Å²) < 4.78 is 40.3. The molecular formula is C14H9Br2F3. The average molecular weight is 394 g/mol. The fourth-order valence-corrected chi connectivity index (χ4v) is 2.82. The summed E-state index contributed by atoms with van der Waals surface area (Å²) in [6, 6.07) is 8.44. The Bertz CT molecular complexity index is 599. The van der Waals surface area contributed by atoms with Gasteiger partial charge in [0.05, 0.1) is 0 Å². The van der Waals surface area contributed by atoms with Crippen LogP contribution in [0.4, 0.5) is 13.2 Å². The third kappa shape index (κ3) is 3.60. The van der Waals surface area contributed by atoms with Crippen molar-refractivity contribution in [2.75, 3.05) is 0 Å². The lowest BCUT2D eigenvalue weighted by atomic mass is 10.0. The summed E-state index contributed by atoms with van der Waals surface area (Å²) in [4.78, 5) is -0.300. The van der Waals surface area contributed by atoms with Gasteiger partial charge < -0.3 is 0 Å². The van der Waals surface area contributed by atoms with Gasteiger partial charge in [0.2, 0.25) is 0 Å². The molecule has 0 aliphatic heterocycles. The van der Waals surface area contributed by atoms with E-state index in [9.17, 15) is 13.2 Å². The third-order valence-electron chi connectivity index (χ3n) is 2.70. The summed E-state index contributed by atoms with van der Waals surface area (Å²) in [5.41, 5.74) is 1.08. The van der Waals surface area contributed by atoms with E-state index in [1.165, 1.54) is 12.1 Å². The van der Waals surface area contributed by atoms with Crippen LogP contribution < -0.4 is 0 Å². The van der Waals surface area contributed by atoms with E-state index in [1.54, 1.807) is 12.1 Å². The smallest absolute Gasteiger partial charge is 0.159 e. The van der Waals surface area contributed by atoms with Crippen LogP contribution in [0.5, 0.6) is 0 Å². The lowest BCUT2D eigenvalue weighted by Crippen LogP contribution is -1.99. The summed E-state index contributed by atoms with van der Waals surface area (Å²) in [5.74, 6) is -2.13. The molecule has 1 atom stereocenters. The molecule has 0 saturated carbocycles. The molecule has 100 valence electrons. The number of hydrogen-bond acceptors (Lipinski definition) is 0. The summed E-state index contributed by atoms with van der Waals surface area (Å²) >= 11 is 6.55. The predicted molar refractivity (Wildman–Crippen MR) is 75.8 cm³/mol. The summed E-state index contributed by atoms with van der Waals surface area (Å²) in [5, 5.41) is 0. The lowest BCUT2D eigenvalue weighted by Gasteiger charge is -2.12. The molecular weight excluding hydrogens is 385 g/mol. The van der Waals surface area contributed by atoms with Crippen LogP contribution >= 0.6 is 31.9 Å². The Labute approximate surface area is 125 Å². The van der Waals surface area contributed by atoms with Gasteiger partial charge in [-0.25, -0.2) is 13.2 Å². The van der Waals surface area contributed by atoms with E-state index in [0.29, 0.717) is 22.0 Å². The van der Waals surface area contributed by atoms with Crippen molar-refractivity contribution in [3.05, 3.63) is 69.4 Å². The topological polar surface area (TPSA) is 0 Å². The van der Waals surface area contributed by atoms with Crippen LogP contribution in [0.15, 0.2) is 40.9 Å². The van der Waals surface area contributed by atoms with Gasteiger partial charge in [0, 0.05) is 14.9 Å². The maximum absolute atomic E-state index is 13.8. The van der Waals surface area contributed by atoms with E-state index in [0.717, 1.165) is 12.1 Å². The molecule has 0 saturated heterocycles. The van der Waals surface area contributed by atoms with Crippen molar-refractivity contribution in [2.24, 2.45) is 0 Å². The number of rotatable bonds is 3. The van der Waals surface area contributed by atoms with Gasteiger partial charge in [-0.3, -0.25) is 0 Å². The molecule has 2 aromatic rings. The molecule has 0 fully saturated rings. The molecule has 1 unspecified atom stereocenters.